The number of aromatic nitrogens is 6. The zero-order valence-electron chi connectivity index (χ0n) is 14.2. The van der Waals surface area contributed by atoms with E-state index in [0.29, 0.717) is 31.6 Å². The fourth-order valence-electron chi connectivity index (χ4n) is 3.30. The second-order valence-electron chi connectivity index (χ2n) is 6.40. The molecule has 8 nitrogen and oxygen atoms in total. The van der Waals surface area contributed by atoms with E-state index >= 15 is 0 Å². The first kappa shape index (κ1) is 17.4. The number of halogens is 3. The maximum Gasteiger partial charge on any atom is 0.453 e. The number of piperidine rings is 1. The van der Waals surface area contributed by atoms with Gasteiger partial charge in [-0.05, 0) is 18.9 Å². The first-order valence-corrected chi connectivity index (χ1v) is 8.44. The van der Waals surface area contributed by atoms with Crippen LogP contribution in [0.3, 0.4) is 0 Å². The van der Waals surface area contributed by atoms with E-state index in [1.807, 2.05) is 0 Å². The number of hydrogen-bond donors (Lipinski definition) is 0. The minimum atomic E-state index is -4.62. The Morgan fingerprint density at radius 3 is 2.67 bits per heavy atom. The van der Waals surface area contributed by atoms with Crippen molar-refractivity contribution in [2.24, 2.45) is 0 Å². The van der Waals surface area contributed by atoms with Crippen LogP contribution in [0.4, 0.5) is 13.2 Å². The Bertz CT molecular complexity index is 943. The summed E-state index contributed by atoms with van der Waals surface area (Å²) in [6.07, 6.45) is 3.01. The Balaban J connectivity index is 1.48. The van der Waals surface area contributed by atoms with Gasteiger partial charge in [0.05, 0.1) is 12.0 Å². The number of fused-ring (bicyclic) bond motifs is 1. The fraction of sp³-hybridized carbons (Fsp3) is 0.438. The molecule has 11 heteroatoms. The van der Waals surface area contributed by atoms with Gasteiger partial charge in [-0.2, -0.15) is 18.2 Å². The molecule has 1 aliphatic heterocycles. The fourth-order valence-corrected chi connectivity index (χ4v) is 3.30. The molecule has 4 rings (SSSR count). The van der Waals surface area contributed by atoms with Crippen molar-refractivity contribution in [3.63, 3.8) is 0 Å². The molecule has 0 atom stereocenters. The van der Waals surface area contributed by atoms with Gasteiger partial charge in [0.2, 0.25) is 5.91 Å². The number of hydrogen-bond acceptors (Lipinski definition) is 5. The van der Waals surface area contributed by atoms with Crippen molar-refractivity contribution in [2.45, 2.75) is 31.5 Å². The molecule has 27 heavy (non-hydrogen) atoms. The van der Waals surface area contributed by atoms with Gasteiger partial charge in [0, 0.05) is 37.6 Å². The van der Waals surface area contributed by atoms with Crippen molar-refractivity contribution >= 4 is 11.7 Å². The first-order chi connectivity index (χ1) is 12.9. The van der Waals surface area contributed by atoms with Gasteiger partial charge in [0.1, 0.15) is 6.54 Å². The molecule has 0 aromatic carbocycles. The van der Waals surface area contributed by atoms with Crippen molar-refractivity contribution in [3.05, 3.63) is 42.5 Å². The molecule has 0 radical (unpaired) electrons. The van der Waals surface area contributed by atoms with Crippen molar-refractivity contribution in [1.82, 2.24) is 34.0 Å². The van der Waals surface area contributed by atoms with Crippen molar-refractivity contribution in [2.75, 3.05) is 13.1 Å². The van der Waals surface area contributed by atoms with E-state index in [9.17, 15) is 18.0 Å². The normalized spacial score (nSPS) is 16.2. The predicted molar refractivity (Wildman–Crippen MR) is 86.6 cm³/mol. The smallest absolute Gasteiger partial charge is 0.341 e. The van der Waals surface area contributed by atoms with E-state index in [-0.39, 0.29) is 24.1 Å². The monoisotopic (exact) mass is 379 g/mol. The number of likely N-dealkylation sites (tertiary alicyclic amines) is 1. The standard InChI is InChI=1S/C16H16F3N7O/c17-16(18,19)14-22-15-21-4-1-12(26(15)23-14)11-2-6-25(7-3-11)13(27)9-24-8-5-20-10-24/h1,4-5,8,10-11H,2-3,6-7,9H2. The summed E-state index contributed by atoms with van der Waals surface area (Å²) in [6, 6.07) is 1.66. The molecule has 1 amide bonds. The van der Waals surface area contributed by atoms with Crippen molar-refractivity contribution in [1.29, 1.82) is 0 Å². The third-order valence-electron chi connectivity index (χ3n) is 4.67. The van der Waals surface area contributed by atoms with Crippen LogP contribution in [0.1, 0.15) is 30.3 Å². The van der Waals surface area contributed by atoms with Crippen LogP contribution >= 0.6 is 0 Å². The van der Waals surface area contributed by atoms with E-state index < -0.39 is 12.0 Å². The number of imidazole rings is 1. The molecule has 142 valence electrons. The summed E-state index contributed by atoms with van der Waals surface area (Å²) in [4.78, 5) is 25.4. The largest absolute Gasteiger partial charge is 0.453 e. The summed E-state index contributed by atoms with van der Waals surface area (Å²) >= 11 is 0. The Labute approximate surface area is 151 Å². The molecule has 0 saturated carbocycles. The second kappa shape index (κ2) is 6.63. The summed E-state index contributed by atoms with van der Waals surface area (Å²) in [5.74, 6) is -1.30. The summed E-state index contributed by atoms with van der Waals surface area (Å²) < 4.78 is 41.5. The highest BCUT2D eigenvalue weighted by molar-refractivity contribution is 5.76. The molecule has 4 heterocycles. The first-order valence-electron chi connectivity index (χ1n) is 8.44. The van der Waals surface area contributed by atoms with Crippen molar-refractivity contribution in [3.8, 4) is 0 Å². The molecule has 0 aliphatic carbocycles. The Morgan fingerprint density at radius 2 is 2.00 bits per heavy atom. The molecule has 0 N–H and O–H groups in total. The van der Waals surface area contributed by atoms with Crippen LogP contribution in [0, 0.1) is 0 Å². The minimum absolute atomic E-state index is 0.00793. The molecule has 3 aromatic rings. The van der Waals surface area contributed by atoms with Crippen LogP contribution in [0.25, 0.3) is 5.78 Å². The lowest BCUT2D eigenvalue weighted by molar-refractivity contribution is -0.144. The van der Waals surface area contributed by atoms with E-state index in [0.717, 1.165) is 4.52 Å². The average molecular weight is 379 g/mol. The van der Waals surface area contributed by atoms with Crippen LogP contribution in [-0.2, 0) is 17.5 Å². The van der Waals surface area contributed by atoms with E-state index in [4.69, 9.17) is 0 Å². The SMILES string of the molecule is O=C(Cn1ccnc1)N1CCC(c2ccnc3nc(C(F)(F)F)nn23)CC1. The Morgan fingerprint density at radius 1 is 1.22 bits per heavy atom. The maximum absolute atomic E-state index is 12.9. The summed E-state index contributed by atoms with van der Waals surface area (Å²) in [5.41, 5.74) is 0.629. The second-order valence-corrected chi connectivity index (χ2v) is 6.40. The molecule has 3 aromatic heterocycles. The lowest BCUT2D eigenvalue weighted by atomic mass is 9.93. The lowest BCUT2D eigenvalue weighted by Gasteiger charge is -2.32. The summed E-state index contributed by atoms with van der Waals surface area (Å²) in [5, 5.41) is 3.59. The Hall–Kier alpha value is -2.98. The molecule has 0 unspecified atom stereocenters. The quantitative estimate of drug-likeness (QED) is 0.693. The van der Waals surface area contributed by atoms with Crippen LogP contribution in [0.15, 0.2) is 31.0 Å². The highest BCUT2D eigenvalue weighted by atomic mass is 19.4. The van der Waals surface area contributed by atoms with Gasteiger partial charge < -0.3 is 9.47 Å². The van der Waals surface area contributed by atoms with Crippen molar-refractivity contribution < 1.29 is 18.0 Å². The average Bonchev–Trinajstić information content (AvgIpc) is 3.30. The topological polar surface area (TPSA) is 81.2 Å². The zero-order chi connectivity index (χ0) is 19.0. The highest BCUT2D eigenvalue weighted by Crippen LogP contribution is 2.30. The van der Waals surface area contributed by atoms with Gasteiger partial charge in [-0.3, -0.25) is 4.79 Å². The summed E-state index contributed by atoms with van der Waals surface area (Å²) in [7, 11) is 0. The molecular weight excluding hydrogens is 363 g/mol. The number of amides is 1. The third-order valence-corrected chi connectivity index (χ3v) is 4.67. The minimum Gasteiger partial charge on any atom is -0.341 e. The van der Waals surface area contributed by atoms with E-state index in [1.165, 1.54) is 6.20 Å². The number of carbonyl (C=O) groups is 1. The summed E-state index contributed by atoms with van der Waals surface area (Å²) in [6.45, 7) is 1.29. The molecule has 1 aliphatic rings. The van der Waals surface area contributed by atoms with Gasteiger partial charge in [-0.15, -0.1) is 5.10 Å². The van der Waals surface area contributed by atoms with Crippen LogP contribution < -0.4 is 0 Å². The van der Waals surface area contributed by atoms with Gasteiger partial charge in [0.25, 0.3) is 11.6 Å². The molecule has 0 spiro atoms. The number of nitrogens with zero attached hydrogens (tertiary/aromatic N) is 7. The van der Waals surface area contributed by atoms with Gasteiger partial charge in [0.15, 0.2) is 0 Å². The third kappa shape index (κ3) is 3.49. The lowest BCUT2D eigenvalue weighted by Crippen LogP contribution is -2.39. The molecular formula is C16H16F3N7O. The van der Waals surface area contributed by atoms with Gasteiger partial charge >= 0.3 is 6.18 Å². The molecule has 1 fully saturated rings. The van der Waals surface area contributed by atoms with Crippen LogP contribution in [0.2, 0.25) is 0 Å². The highest BCUT2D eigenvalue weighted by Gasteiger charge is 2.37. The molecule has 1 saturated heterocycles. The maximum atomic E-state index is 12.9. The van der Waals surface area contributed by atoms with E-state index in [2.05, 4.69) is 20.1 Å². The molecule has 0 bridgehead atoms. The van der Waals surface area contributed by atoms with Gasteiger partial charge in [-0.25, -0.2) is 14.5 Å². The number of carbonyl (C=O) groups excluding carboxylic acids is 1. The zero-order valence-corrected chi connectivity index (χ0v) is 14.2. The Kier molecular flexibility index (Phi) is 4.28. The van der Waals surface area contributed by atoms with E-state index in [1.54, 1.807) is 34.3 Å². The van der Waals surface area contributed by atoms with Crippen LogP contribution in [-0.4, -0.2) is 53.0 Å². The number of rotatable bonds is 3. The van der Waals surface area contributed by atoms with Crippen LogP contribution in [0.5, 0.6) is 0 Å². The predicted octanol–water partition coefficient (Wildman–Crippen LogP) is 1.75. The number of alkyl halides is 3. The van der Waals surface area contributed by atoms with Gasteiger partial charge in [-0.1, -0.05) is 0 Å².